The number of nitrogens with zero attached hydrogens (tertiary/aromatic N) is 3. The quantitative estimate of drug-likeness (QED) is 0.00635. The molecule has 5 N–H and O–H groups in total. The van der Waals surface area contributed by atoms with Crippen molar-refractivity contribution in [1.29, 1.82) is 0 Å². The number of nitrogens with two attached hydrogens (primary N) is 1. The molecule has 38 heteroatoms. The third-order valence-electron chi connectivity index (χ3n) is 12.6. The zero-order chi connectivity index (χ0) is 79.3. The van der Waals surface area contributed by atoms with Gasteiger partial charge in [0.05, 0.1) is 61.3 Å². The van der Waals surface area contributed by atoms with E-state index in [-0.39, 0.29) is 153 Å². The number of hydrogen-bond acceptors (Lipinski definition) is 19. The van der Waals surface area contributed by atoms with Gasteiger partial charge in [0, 0.05) is 107 Å². The summed E-state index contributed by atoms with van der Waals surface area (Å²) in [7, 11) is 6.01. The van der Waals surface area contributed by atoms with Crippen molar-refractivity contribution in [3.8, 4) is 46.0 Å². The van der Waals surface area contributed by atoms with Crippen LogP contribution in [0.1, 0.15) is 23.7 Å². The molecule has 10 aromatic rings. The van der Waals surface area contributed by atoms with Crippen LogP contribution in [0, 0.1) is 20.2 Å². The Labute approximate surface area is 788 Å². The molecular formula is C71H57Cl13K2N6O15S2. The number of anilines is 3. The number of aromatic hydroxyl groups is 1. The average molecular weight is 1840 g/mol. The second-order valence-electron chi connectivity index (χ2n) is 20.3. The summed E-state index contributed by atoms with van der Waals surface area (Å²) in [5, 5.41) is 53.8. The van der Waals surface area contributed by atoms with Crippen molar-refractivity contribution in [2.75, 3.05) is 44.8 Å². The van der Waals surface area contributed by atoms with Gasteiger partial charge in [-0.2, -0.15) is 4.99 Å². The molecule has 0 aromatic heterocycles. The molecule has 0 atom stereocenters. The molecule has 0 unspecified atom stereocenters. The Bertz CT molecular complexity index is 4610. The van der Waals surface area contributed by atoms with Crippen LogP contribution in [0.4, 0.5) is 34.1 Å². The molecule has 0 aliphatic heterocycles. The van der Waals surface area contributed by atoms with E-state index in [0.29, 0.717) is 124 Å². The van der Waals surface area contributed by atoms with Gasteiger partial charge in [0.25, 0.3) is 17.8 Å². The van der Waals surface area contributed by atoms with Gasteiger partial charge in [-0.15, -0.1) is 11.6 Å². The number of non-ortho nitro benzene ring substituents is 2. The van der Waals surface area contributed by atoms with Crippen molar-refractivity contribution >= 4 is 226 Å². The summed E-state index contributed by atoms with van der Waals surface area (Å²) >= 11 is 85.8. The molecule has 0 spiro atoms. The molecule has 0 saturated heterocycles. The first kappa shape index (κ1) is 100. The molecule has 566 valence electrons. The molecule has 0 aliphatic rings. The van der Waals surface area contributed by atoms with E-state index in [1.807, 2.05) is 18.2 Å². The Hall–Kier alpha value is -4.84. The van der Waals surface area contributed by atoms with Crippen molar-refractivity contribution in [3.63, 3.8) is 0 Å². The van der Waals surface area contributed by atoms with E-state index in [2.05, 4.69) is 37.9 Å². The number of nitro benzene ring substituents is 2. The number of carbonyl (C=O) groups is 1. The number of nitrogen functional groups attached to an aromatic ring is 1. The van der Waals surface area contributed by atoms with Crippen molar-refractivity contribution in [2.45, 2.75) is 25.7 Å². The van der Waals surface area contributed by atoms with Crippen LogP contribution in [0.5, 0.6) is 46.0 Å². The first-order chi connectivity index (χ1) is 50.9. The molecule has 0 fully saturated rings. The van der Waals surface area contributed by atoms with E-state index in [1.54, 1.807) is 142 Å². The van der Waals surface area contributed by atoms with E-state index in [1.165, 1.54) is 44.6 Å². The summed E-state index contributed by atoms with van der Waals surface area (Å²) in [6, 6.07) is 49.2. The predicted octanol–water partition coefficient (Wildman–Crippen LogP) is 17.7. The predicted molar refractivity (Wildman–Crippen MR) is 435 cm³/mol. The Balaban J connectivity index is 0.000000676. The van der Waals surface area contributed by atoms with E-state index >= 15 is 0 Å². The molecular weight excluding hydrogens is 1780 g/mol. The summed E-state index contributed by atoms with van der Waals surface area (Å²) in [5.41, 5.74) is 11.5. The fourth-order valence-corrected chi connectivity index (χ4v) is 12.0. The van der Waals surface area contributed by atoms with Gasteiger partial charge >= 0.3 is 103 Å². The summed E-state index contributed by atoms with van der Waals surface area (Å²) in [5.74, 6) is 3.57. The number of phenols is 1. The number of hydrogen-bond donors (Lipinski definition) is 4. The molecule has 0 radical (unpaired) electrons. The summed E-state index contributed by atoms with van der Waals surface area (Å²) in [6.07, 6.45) is 0. The number of alkyl halides is 1. The number of benzene rings is 10. The molecule has 0 amide bonds. The van der Waals surface area contributed by atoms with Gasteiger partial charge in [0.2, 0.25) is 0 Å². The summed E-state index contributed by atoms with van der Waals surface area (Å²) < 4.78 is 37.5. The molecule has 21 nitrogen and oxygen atoms in total. The Morgan fingerprint density at radius 3 is 1.26 bits per heavy atom. The first-order valence-corrected chi connectivity index (χ1v) is 35.3. The molecule has 0 saturated carbocycles. The number of isothiocyanates is 1. The van der Waals surface area contributed by atoms with Gasteiger partial charge in [0.15, 0.2) is 39.6 Å². The maximum absolute atomic E-state index is 10.8. The van der Waals surface area contributed by atoms with E-state index in [4.69, 9.17) is 217 Å². The number of thiocarbonyl (C=S) groups is 2. The average Bonchev–Trinajstić information content (AvgIpc) is 0.871. The number of phenolic OH excluding ortho intramolecular Hbond substituents is 1. The zero-order valence-corrected chi connectivity index (χ0v) is 75.2. The molecule has 109 heavy (non-hydrogen) atoms. The van der Waals surface area contributed by atoms with E-state index in [9.17, 15) is 20.2 Å². The SMILES string of the molecule is COc1ccc(N)cc1OCc1cc(Cl)cc(Cl)c1.COc1ccc(NC(=S)Nc2cc(Cl)cc(Cl)c2)cc1COc1cc(Cl)cc(Cl)c1.COc1ccc([N+](=O)[O-])cc1O.COc1ccc([N+](=O)[O-])cc1OCc1cc(Cl)cc(Cl)c1.ClCc1cc(Cl)cc(Cl)c1.O=CO[O-].S=C=Nc1cc(Cl)cc(Cl)c1.[H-].[K+].[K+]. The third kappa shape index (κ3) is 39.2. The molecule has 10 aromatic carbocycles. The normalized spacial score (nSPS) is 9.67. The monoisotopic (exact) mass is 1830 g/mol. The van der Waals surface area contributed by atoms with E-state index < -0.39 is 9.85 Å². The van der Waals surface area contributed by atoms with Gasteiger partial charge in [-0.05, 0) is 193 Å². The number of carbonyl (C=O) groups excluding carboxylic acids is 1. The van der Waals surface area contributed by atoms with Crippen molar-refractivity contribution in [2.24, 2.45) is 4.99 Å². The second kappa shape index (κ2) is 54.0. The van der Waals surface area contributed by atoms with Gasteiger partial charge in [-0.1, -0.05) is 139 Å². The number of methoxy groups -OCH3 is 4. The number of nitro groups is 2. The fraction of sp³-hybridized carbons (Fsp3) is 0.113. The van der Waals surface area contributed by atoms with E-state index in [0.717, 1.165) is 34.0 Å². The maximum atomic E-state index is 10.8. The van der Waals surface area contributed by atoms with Crippen LogP contribution in [-0.2, 0) is 35.4 Å². The largest absolute Gasteiger partial charge is 1.00 e. The maximum Gasteiger partial charge on any atom is 1.00 e. The van der Waals surface area contributed by atoms with Gasteiger partial charge in [-0.25, -0.2) is 0 Å². The van der Waals surface area contributed by atoms with Gasteiger partial charge in [-0.3, -0.25) is 25.0 Å². The number of halogens is 13. The van der Waals surface area contributed by atoms with Gasteiger partial charge in [0.1, 0.15) is 31.3 Å². The van der Waals surface area contributed by atoms with Crippen LogP contribution >= 0.6 is 175 Å². The Kier molecular flexibility index (Phi) is 49.7. The minimum absolute atomic E-state index is 0. The fourth-order valence-electron chi connectivity index (χ4n) is 8.21. The summed E-state index contributed by atoms with van der Waals surface area (Å²) in [6.45, 7) is 0.567. The van der Waals surface area contributed by atoms with Gasteiger partial charge < -0.3 is 66.2 Å². The van der Waals surface area contributed by atoms with Crippen LogP contribution in [0.2, 0.25) is 60.3 Å². The number of nitrogens with one attached hydrogen (secondary N) is 2. The molecule has 0 aliphatic carbocycles. The van der Waals surface area contributed by atoms with Crippen molar-refractivity contribution in [3.05, 3.63) is 285 Å². The van der Waals surface area contributed by atoms with Crippen LogP contribution in [0.3, 0.4) is 0 Å². The summed E-state index contributed by atoms with van der Waals surface area (Å²) in [4.78, 5) is 34.9. The Morgan fingerprint density at radius 2 is 0.853 bits per heavy atom. The number of aliphatic imine (C=N–C) groups is 1. The van der Waals surface area contributed by atoms with Crippen LogP contribution in [0.25, 0.3) is 0 Å². The zero-order valence-electron chi connectivity index (χ0n) is 58.5. The minimum Gasteiger partial charge on any atom is -1.00 e. The Morgan fingerprint density at radius 1 is 0.486 bits per heavy atom. The third-order valence-corrected chi connectivity index (χ3v) is 15.8. The topological polar surface area (TPSA) is 283 Å². The van der Waals surface area contributed by atoms with Crippen LogP contribution < -0.4 is 158 Å². The van der Waals surface area contributed by atoms with Crippen LogP contribution in [-0.4, -0.2) is 60.1 Å². The van der Waals surface area contributed by atoms with Crippen molar-refractivity contribution in [1.82, 2.24) is 0 Å². The second-order valence-corrected chi connectivity index (χ2v) is 26.4. The van der Waals surface area contributed by atoms with Crippen LogP contribution in [0.15, 0.2) is 187 Å². The molecule has 0 bridgehead atoms. The number of rotatable bonds is 20. The standard InChI is InChI=1S/C21H16Cl4N2O2S.C14H11Cl2NO4.C14H13Cl2NO2.C7H5Cl3.C7H3Cl2NS.C7H7NO4.CH2O3.2K.H/c1-28-20-3-2-17(26-21(30)27-18-7-13(22)5-14(23)8-18)4-12(20)11-29-19-9-15(24)6-16(25)10-19;1-20-13-3-2-12(17(18)19)7-14(13)21-8-9-4-10(15)6-11(16)5-9;1-18-13-3-2-12(17)7-14(13)19-8-9-4-10(15)6-11(16)5-9;8-4-5-1-6(9)3-7(10)2-5;8-5-1-6(9)3-7(2-5)10-4-11;1-12-7-3-2-5(8(10)11)4-6(7)9;2-1-4-3;;;/h2-10H,11H2,1H3,(H2,26,27,30);2-7H,8H2,1H3;2-7H,8,17H2,1H3;1-3H,4H2;1-3H;2-4,9H,1H3;1,3H;;;/q;;;;;;;2*+1;-1/p-1. The molecule has 0 heterocycles. The number of ether oxygens (including phenoxy) is 7. The molecule has 10 rings (SSSR count). The smallest absolute Gasteiger partial charge is 1.00 e. The van der Waals surface area contributed by atoms with Crippen molar-refractivity contribution < 1.29 is 167 Å². The first-order valence-electron chi connectivity index (χ1n) is 29.4. The minimum atomic E-state index is -0.584.